The minimum Gasteiger partial charge on any atom is -0.310 e. The summed E-state index contributed by atoms with van der Waals surface area (Å²) in [4.78, 5) is 18.0. The van der Waals surface area contributed by atoms with Crippen LogP contribution >= 0.6 is 0 Å². The number of nitrogens with zero attached hydrogens (tertiary/aromatic N) is 3. The average molecular weight is 251 g/mol. The zero-order valence-corrected chi connectivity index (χ0v) is 10.8. The summed E-state index contributed by atoms with van der Waals surface area (Å²) in [6.07, 6.45) is 1.65. The summed E-state index contributed by atoms with van der Waals surface area (Å²) in [5.74, 6) is -0.173. The maximum Gasteiger partial charge on any atom is 0.259 e. The second kappa shape index (κ2) is 5.32. The van der Waals surface area contributed by atoms with Gasteiger partial charge in [0.2, 0.25) is 0 Å². The van der Waals surface area contributed by atoms with E-state index in [1.54, 1.807) is 56.6 Å². The van der Waals surface area contributed by atoms with Crippen LogP contribution in [0.25, 0.3) is 0 Å². The highest BCUT2D eigenvalue weighted by molar-refractivity contribution is 6.07. The Kier molecular flexibility index (Phi) is 3.58. The number of rotatable bonds is 2. The highest BCUT2D eigenvalue weighted by Gasteiger charge is 2.17. The molecule has 0 saturated carbocycles. The number of hydrogen-bond acceptors (Lipinski definition) is 3. The van der Waals surface area contributed by atoms with E-state index in [4.69, 9.17) is 5.26 Å². The highest BCUT2D eigenvalue weighted by Crippen LogP contribution is 2.20. The maximum atomic E-state index is 12.4. The molecule has 2 aromatic rings. The Bertz CT molecular complexity index is 658. The number of para-hydroxylation sites is 1. The first-order valence-electron chi connectivity index (χ1n) is 5.84. The van der Waals surface area contributed by atoms with Crippen molar-refractivity contribution in [1.29, 1.82) is 5.26 Å². The van der Waals surface area contributed by atoms with Crippen LogP contribution in [0, 0.1) is 18.3 Å². The standard InChI is InChI=1S/C15H13N3O/c1-11-13(7-5-9-17-11)15(19)18(2)14-8-4-3-6-12(14)10-16/h3-9H,1-2H3. The van der Waals surface area contributed by atoms with Gasteiger partial charge in [-0.3, -0.25) is 9.78 Å². The molecule has 4 heteroatoms. The molecule has 1 aromatic heterocycles. The number of aryl methyl sites for hydroxylation is 1. The largest absolute Gasteiger partial charge is 0.310 e. The first kappa shape index (κ1) is 12.8. The number of amides is 1. The zero-order chi connectivity index (χ0) is 13.8. The molecular weight excluding hydrogens is 238 g/mol. The topological polar surface area (TPSA) is 57.0 Å². The Morgan fingerprint density at radius 2 is 2.00 bits per heavy atom. The molecule has 1 aromatic carbocycles. The van der Waals surface area contributed by atoms with E-state index in [0.29, 0.717) is 22.5 Å². The van der Waals surface area contributed by atoms with Gasteiger partial charge < -0.3 is 4.90 Å². The molecule has 0 unspecified atom stereocenters. The van der Waals surface area contributed by atoms with Crippen LogP contribution < -0.4 is 4.90 Å². The lowest BCUT2D eigenvalue weighted by atomic mass is 10.1. The number of hydrogen-bond donors (Lipinski definition) is 0. The summed E-state index contributed by atoms with van der Waals surface area (Å²) in [6, 6.07) is 12.6. The molecule has 0 aliphatic rings. The lowest BCUT2D eigenvalue weighted by Gasteiger charge is -2.19. The van der Waals surface area contributed by atoms with Crippen molar-refractivity contribution in [2.75, 3.05) is 11.9 Å². The van der Waals surface area contributed by atoms with E-state index in [-0.39, 0.29) is 5.91 Å². The zero-order valence-electron chi connectivity index (χ0n) is 10.8. The monoisotopic (exact) mass is 251 g/mol. The molecule has 94 valence electrons. The molecule has 0 aliphatic carbocycles. The third-order valence-electron chi connectivity index (χ3n) is 2.93. The van der Waals surface area contributed by atoms with Crippen molar-refractivity contribution in [3.8, 4) is 6.07 Å². The smallest absolute Gasteiger partial charge is 0.259 e. The second-order valence-electron chi connectivity index (χ2n) is 4.13. The predicted molar refractivity (Wildman–Crippen MR) is 72.9 cm³/mol. The normalized spacial score (nSPS) is 9.74. The van der Waals surface area contributed by atoms with Crippen LogP contribution in [0.4, 0.5) is 5.69 Å². The van der Waals surface area contributed by atoms with Gasteiger partial charge in [0.05, 0.1) is 16.8 Å². The lowest BCUT2D eigenvalue weighted by molar-refractivity contribution is 0.0992. The van der Waals surface area contributed by atoms with Crippen LogP contribution in [0.1, 0.15) is 21.6 Å². The Hall–Kier alpha value is -2.67. The summed E-state index contributed by atoms with van der Waals surface area (Å²) in [6.45, 7) is 1.79. The number of anilines is 1. The fourth-order valence-electron chi connectivity index (χ4n) is 1.86. The number of carbonyl (C=O) groups excluding carboxylic acids is 1. The van der Waals surface area contributed by atoms with Crippen molar-refractivity contribution in [2.45, 2.75) is 6.92 Å². The Morgan fingerprint density at radius 1 is 1.26 bits per heavy atom. The number of carbonyl (C=O) groups is 1. The number of benzene rings is 1. The lowest BCUT2D eigenvalue weighted by Crippen LogP contribution is -2.27. The molecule has 1 amide bonds. The maximum absolute atomic E-state index is 12.4. The van der Waals surface area contributed by atoms with E-state index < -0.39 is 0 Å². The second-order valence-corrected chi connectivity index (χ2v) is 4.13. The third kappa shape index (κ3) is 2.45. The molecule has 0 radical (unpaired) electrons. The van der Waals surface area contributed by atoms with E-state index in [1.165, 1.54) is 4.90 Å². The van der Waals surface area contributed by atoms with Gasteiger partial charge in [-0.1, -0.05) is 12.1 Å². The first-order valence-corrected chi connectivity index (χ1v) is 5.84. The molecule has 2 rings (SSSR count). The predicted octanol–water partition coefficient (Wildman–Crippen LogP) is 2.54. The first-order chi connectivity index (χ1) is 9.15. The Balaban J connectivity index is 2.40. The fraction of sp³-hybridized carbons (Fsp3) is 0.133. The van der Waals surface area contributed by atoms with Gasteiger partial charge in [-0.15, -0.1) is 0 Å². The van der Waals surface area contributed by atoms with Crippen molar-refractivity contribution in [2.24, 2.45) is 0 Å². The molecule has 0 spiro atoms. The van der Waals surface area contributed by atoms with Crippen molar-refractivity contribution in [3.63, 3.8) is 0 Å². The van der Waals surface area contributed by atoms with E-state index in [2.05, 4.69) is 11.1 Å². The molecule has 19 heavy (non-hydrogen) atoms. The number of aromatic nitrogens is 1. The summed E-state index contributed by atoms with van der Waals surface area (Å²) in [5, 5.41) is 9.07. The van der Waals surface area contributed by atoms with Crippen molar-refractivity contribution >= 4 is 11.6 Å². The minimum atomic E-state index is -0.173. The summed E-state index contributed by atoms with van der Waals surface area (Å²) < 4.78 is 0. The van der Waals surface area contributed by atoms with Crippen LogP contribution in [-0.4, -0.2) is 17.9 Å². The minimum absolute atomic E-state index is 0.173. The van der Waals surface area contributed by atoms with Gasteiger partial charge in [0.25, 0.3) is 5.91 Å². The summed E-state index contributed by atoms with van der Waals surface area (Å²) in [7, 11) is 1.66. The number of nitriles is 1. The average Bonchev–Trinajstić information content (AvgIpc) is 2.46. The quantitative estimate of drug-likeness (QED) is 0.824. The van der Waals surface area contributed by atoms with E-state index in [9.17, 15) is 4.79 Å². The third-order valence-corrected chi connectivity index (χ3v) is 2.93. The van der Waals surface area contributed by atoms with Gasteiger partial charge in [-0.25, -0.2) is 0 Å². The van der Waals surface area contributed by atoms with Crippen LogP contribution in [0.2, 0.25) is 0 Å². The summed E-state index contributed by atoms with van der Waals surface area (Å²) in [5.41, 5.74) is 2.28. The van der Waals surface area contributed by atoms with Gasteiger partial charge in [-0.05, 0) is 31.2 Å². The fourth-order valence-corrected chi connectivity index (χ4v) is 1.86. The Morgan fingerprint density at radius 3 is 2.68 bits per heavy atom. The SMILES string of the molecule is Cc1ncccc1C(=O)N(C)c1ccccc1C#N. The van der Waals surface area contributed by atoms with Crippen molar-refractivity contribution in [3.05, 3.63) is 59.4 Å². The molecule has 4 nitrogen and oxygen atoms in total. The molecule has 0 bridgehead atoms. The molecule has 0 N–H and O–H groups in total. The van der Waals surface area contributed by atoms with Gasteiger partial charge in [-0.2, -0.15) is 5.26 Å². The summed E-state index contributed by atoms with van der Waals surface area (Å²) >= 11 is 0. The van der Waals surface area contributed by atoms with Gasteiger partial charge >= 0.3 is 0 Å². The molecule has 0 saturated heterocycles. The van der Waals surface area contributed by atoms with Gasteiger partial charge in [0.1, 0.15) is 6.07 Å². The molecule has 0 aliphatic heterocycles. The van der Waals surface area contributed by atoms with Gasteiger partial charge in [0, 0.05) is 18.9 Å². The van der Waals surface area contributed by atoms with E-state index in [0.717, 1.165) is 0 Å². The van der Waals surface area contributed by atoms with Crippen LogP contribution in [0.3, 0.4) is 0 Å². The molecule has 0 atom stereocenters. The number of pyridine rings is 1. The van der Waals surface area contributed by atoms with Crippen LogP contribution in [-0.2, 0) is 0 Å². The van der Waals surface area contributed by atoms with Gasteiger partial charge in [0.15, 0.2) is 0 Å². The molecular formula is C15H13N3O. The van der Waals surface area contributed by atoms with Crippen LogP contribution in [0.15, 0.2) is 42.6 Å². The van der Waals surface area contributed by atoms with E-state index >= 15 is 0 Å². The van der Waals surface area contributed by atoms with Crippen LogP contribution in [0.5, 0.6) is 0 Å². The van der Waals surface area contributed by atoms with Crippen molar-refractivity contribution < 1.29 is 4.79 Å². The highest BCUT2D eigenvalue weighted by atomic mass is 16.2. The van der Waals surface area contributed by atoms with E-state index in [1.807, 2.05) is 0 Å². The van der Waals surface area contributed by atoms with Crippen molar-refractivity contribution in [1.82, 2.24) is 4.98 Å². The Labute approximate surface area is 111 Å². The molecule has 1 heterocycles. The molecule has 0 fully saturated rings.